The molecule has 1 aromatic heterocycles. The minimum atomic E-state index is -0.589. The summed E-state index contributed by atoms with van der Waals surface area (Å²) in [6, 6.07) is 68.9. The number of hydrogen-bond donors (Lipinski definition) is 0. The van der Waals surface area contributed by atoms with E-state index < -0.39 is 5.41 Å². The summed E-state index contributed by atoms with van der Waals surface area (Å²) in [5.41, 5.74) is 13.4. The molecule has 4 heteroatoms. The molecule has 57 heavy (non-hydrogen) atoms. The van der Waals surface area contributed by atoms with Gasteiger partial charge in [0.25, 0.3) is 0 Å². The standard InChI is InChI=1S/C53H32ClNO2/c54-36-24-26-47-50(29-36)56-51-32-38(25-27-48(51)53(47)45-19-9-6-16-40(45)41-17-7-10-20-46(41)53)55(37-14-2-1-3-15-37)39-30-43(35-23-22-33-12-4-5-13-34(33)28-35)52-44(31-39)42-18-8-11-21-49(42)57-52/h1-32H. The second-order valence-corrected chi connectivity index (χ2v) is 15.4. The first-order chi connectivity index (χ1) is 28.1. The molecular weight excluding hydrogens is 718 g/mol. The van der Waals surface area contributed by atoms with Gasteiger partial charge in [-0.2, -0.15) is 0 Å². The molecule has 0 N–H and O–H groups in total. The van der Waals surface area contributed by atoms with Crippen LogP contribution in [0.4, 0.5) is 17.1 Å². The van der Waals surface area contributed by atoms with Crippen molar-refractivity contribution in [3.63, 3.8) is 0 Å². The van der Waals surface area contributed by atoms with Crippen molar-refractivity contribution in [1.82, 2.24) is 0 Å². The molecule has 0 amide bonds. The summed E-state index contributed by atoms with van der Waals surface area (Å²) in [5, 5.41) is 5.15. The van der Waals surface area contributed by atoms with Crippen LogP contribution in [0.15, 0.2) is 199 Å². The van der Waals surface area contributed by atoms with Gasteiger partial charge in [0.1, 0.15) is 22.7 Å². The van der Waals surface area contributed by atoms with Crippen molar-refractivity contribution in [2.45, 2.75) is 5.41 Å². The van der Waals surface area contributed by atoms with Gasteiger partial charge in [-0.25, -0.2) is 0 Å². The molecule has 9 aromatic carbocycles. The van der Waals surface area contributed by atoms with Crippen LogP contribution in [-0.4, -0.2) is 0 Å². The van der Waals surface area contributed by atoms with Crippen LogP contribution in [0, 0.1) is 0 Å². The molecule has 0 atom stereocenters. The molecule has 0 saturated carbocycles. The predicted octanol–water partition coefficient (Wildman–Crippen LogP) is 15.0. The molecule has 3 nitrogen and oxygen atoms in total. The summed E-state index contributed by atoms with van der Waals surface area (Å²) in [7, 11) is 0. The summed E-state index contributed by atoms with van der Waals surface area (Å²) in [6.45, 7) is 0. The third-order valence-electron chi connectivity index (χ3n) is 11.9. The Morgan fingerprint density at radius 3 is 1.89 bits per heavy atom. The SMILES string of the molecule is Clc1ccc2c(c1)Oc1cc(N(c3ccccc3)c3cc(-c4ccc5ccccc5c4)c4oc5ccccc5c4c3)ccc1C21c2ccccc2-c2ccccc21. The van der Waals surface area contributed by atoms with Crippen molar-refractivity contribution in [1.29, 1.82) is 0 Å². The summed E-state index contributed by atoms with van der Waals surface area (Å²) in [6.07, 6.45) is 0. The summed E-state index contributed by atoms with van der Waals surface area (Å²) in [5.74, 6) is 1.55. The van der Waals surface area contributed by atoms with Crippen molar-refractivity contribution in [3.8, 4) is 33.8 Å². The van der Waals surface area contributed by atoms with Gasteiger partial charge < -0.3 is 14.1 Å². The molecule has 0 unspecified atom stereocenters. The highest BCUT2D eigenvalue weighted by molar-refractivity contribution is 6.30. The molecule has 12 rings (SSSR count). The van der Waals surface area contributed by atoms with E-state index in [0.717, 1.165) is 72.8 Å². The molecule has 268 valence electrons. The van der Waals surface area contributed by atoms with Gasteiger partial charge in [-0.3, -0.25) is 0 Å². The summed E-state index contributed by atoms with van der Waals surface area (Å²) >= 11 is 6.72. The van der Waals surface area contributed by atoms with Crippen LogP contribution in [0.5, 0.6) is 11.5 Å². The Labute approximate surface area is 334 Å². The average Bonchev–Trinajstić information content (AvgIpc) is 3.78. The fraction of sp³-hybridized carbons (Fsp3) is 0.0189. The minimum absolute atomic E-state index is 0.589. The fourth-order valence-electron chi connectivity index (χ4n) is 9.55. The highest BCUT2D eigenvalue weighted by Gasteiger charge is 2.51. The van der Waals surface area contributed by atoms with Crippen LogP contribution in [0.3, 0.4) is 0 Å². The normalized spacial score (nSPS) is 13.3. The van der Waals surface area contributed by atoms with Gasteiger partial charge in [-0.1, -0.05) is 145 Å². The first kappa shape index (κ1) is 32.2. The maximum absolute atomic E-state index is 6.96. The van der Waals surface area contributed by atoms with E-state index in [1.54, 1.807) is 0 Å². The lowest BCUT2D eigenvalue weighted by atomic mass is 9.66. The number of hydrogen-bond acceptors (Lipinski definition) is 3. The Kier molecular flexibility index (Phi) is 6.90. The van der Waals surface area contributed by atoms with Gasteiger partial charge in [-0.15, -0.1) is 0 Å². The van der Waals surface area contributed by atoms with Gasteiger partial charge in [0.05, 0.1) is 5.41 Å². The highest BCUT2D eigenvalue weighted by Crippen LogP contribution is 2.62. The Morgan fingerprint density at radius 1 is 0.421 bits per heavy atom. The Bertz CT molecular complexity index is 3210. The third-order valence-corrected chi connectivity index (χ3v) is 12.2. The first-order valence-corrected chi connectivity index (χ1v) is 19.6. The van der Waals surface area contributed by atoms with Crippen LogP contribution in [0.2, 0.25) is 5.02 Å². The van der Waals surface area contributed by atoms with Crippen LogP contribution in [0.1, 0.15) is 22.3 Å². The first-order valence-electron chi connectivity index (χ1n) is 19.3. The van der Waals surface area contributed by atoms with Crippen LogP contribution in [-0.2, 0) is 5.41 Å². The Hall–Kier alpha value is -7.07. The molecular formula is C53H32ClNO2. The van der Waals surface area contributed by atoms with Crippen molar-refractivity contribution in [3.05, 3.63) is 221 Å². The summed E-state index contributed by atoms with van der Waals surface area (Å²) in [4.78, 5) is 2.33. The molecule has 0 radical (unpaired) electrons. The average molecular weight is 750 g/mol. The molecule has 1 aliphatic carbocycles. The maximum atomic E-state index is 6.96. The third kappa shape index (κ3) is 4.67. The number of rotatable bonds is 4. The number of nitrogens with zero attached hydrogens (tertiary/aromatic N) is 1. The van der Waals surface area contributed by atoms with Crippen LogP contribution >= 0.6 is 11.6 Å². The molecule has 0 fully saturated rings. The second kappa shape index (κ2) is 12.2. The molecule has 0 bridgehead atoms. The van der Waals surface area contributed by atoms with Gasteiger partial charge in [-0.05, 0) is 93.2 Å². The zero-order valence-electron chi connectivity index (χ0n) is 30.6. The molecule has 0 saturated heterocycles. The number of furan rings is 1. The Morgan fingerprint density at radius 2 is 1.09 bits per heavy atom. The number of halogens is 1. The number of benzene rings is 9. The van der Waals surface area contributed by atoms with Crippen LogP contribution in [0.25, 0.3) is 55.0 Å². The predicted molar refractivity (Wildman–Crippen MR) is 234 cm³/mol. The minimum Gasteiger partial charge on any atom is -0.457 e. The van der Waals surface area contributed by atoms with Crippen molar-refractivity contribution in [2.24, 2.45) is 0 Å². The number of ether oxygens (including phenoxy) is 1. The van der Waals surface area contributed by atoms with Gasteiger partial charge in [0, 0.05) is 55.6 Å². The number of para-hydroxylation sites is 2. The second-order valence-electron chi connectivity index (χ2n) is 15.0. The zero-order valence-corrected chi connectivity index (χ0v) is 31.4. The van der Waals surface area contributed by atoms with E-state index in [2.05, 4.69) is 175 Å². The lowest BCUT2D eigenvalue weighted by molar-refractivity contribution is 0.436. The lowest BCUT2D eigenvalue weighted by Crippen LogP contribution is -2.32. The van der Waals surface area contributed by atoms with E-state index in [-0.39, 0.29) is 0 Å². The molecule has 1 spiro atoms. The van der Waals surface area contributed by atoms with Crippen LogP contribution < -0.4 is 9.64 Å². The van der Waals surface area contributed by atoms with Gasteiger partial charge in [0.2, 0.25) is 0 Å². The largest absolute Gasteiger partial charge is 0.457 e. The molecule has 10 aromatic rings. The van der Waals surface area contributed by atoms with E-state index in [1.165, 1.54) is 33.0 Å². The summed E-state index contributed by atoms with van der Waals surface area (Å²) < 4.78 is 13.6. The van der Waals surface area contributed by atoms with E-state index in [4.69, 9.17) is 20.8 Å². The lowest BCUT2D eigenvalue weighted by Gasteiger charge is -2.40. The monoisotopic (exact) mass is 749 g/mol. The molecule has 2 aliphatic rings. The van der Waals surface area contributed by atoms with Gasteiger partial charge in [0.15, 0.2) is 0 Å². The maximum Gasteiger partial charge on any atom is 0.143 e. The highest BCUT2D eigenvalue weighted by atomic mass is 35.5. The van der Waals surface area contributed by atoms with Crippen molar-refractivity contribution in [2.75, 3.05) is 4.90 Å². The van der Waals surface area contributed by atoms with E-state index in [0.29, 0.717) is 5.02 Å². The topological polar surface area (TPSA) is 25.6 Å². The fourth-order valence-corrected chi connectivity index (χ4v) is 9.71. The number of fused-ring (bicyclic) bond motifs is 13. The quantitative estimate of drug-likeness (QED) is 0.179. The smallest absolute Gasteiger partial charge is 0.143 e. The van der Waals surface area contributed by atoms with E-state index in [9.17, 15) is 0 Å². The Balaban J connectivity index is 1.12. The van der Waals surface area contributed by atoms with Crippen molar-refractivity contribution >= 4 is 61.4 Å². The van der Waals surface area contributed by atoms with E-state index in [1.807, 2.05) is 24.3 Å². The van der Waals surface area contributed by atoms with Crippen molar-refractivity contribution < 1.29 is 9.15 Å². The number of anilines is 3. The molecule has 1 aliphatic heterocycles. The van der Waals surface area contributed by atoms with Gasteiger partial charge >= 0.3 is 0 Å². The molecule has 2 heterocycles. The van der Waals surface area contributed by atoms with E-state index >= 15 is 0 Å². The zero-order chi connectivity index (χ0) is 37.7.